The van der Waals surface area contributed by atoms with E-state index in [-0.39, 0.29) is 12.1 Å². The Labute approximate surface area is 88.6 Å². The van der Waals surface area contributed by atoms with Crippen molar-refractivity contribution in [3.8, 4) is 0 Å². The number of hydrogen-bond acceptors (Lipinski definition) is 3. The summed E-state index contributed by atoms with van der Waals surface area (Å²) in [6.07, 6.45) is 0.779. The number of aliphatic carboxylic acids is 1. The molecule has 2 atom stereocenters. The predicted molar refractivity (Wildman–Crippen MR) is 54.4 cm³/mol. The van der Waals surface area contributed by atoms with Crippen LogP contribution < -0.4 is 5.73 Å². The fourth-order valence-electron chi connectivity index (χ4n) is 1.52. The molecule has 0 bridgehead atoms. The van der Waals surface area contributed by atoms with E-state index in [1.807, 2.05) is 0 Å². The number of hydrogen-bond donors (Lipinski definition) is 2. The number of rotatable bonds is 2. The van der Waals surface area contributed by atoms with E-state index in [0.29, 0.717) is 13.1 Å². The quantitative estimate of drug-likeness (QED) is 0.652. The SMILES string of the molecule is CC(C(=O)O)N(C)C(=O)N1CCC(N)C1. The monoisotopic (exact) mass is 215 g/mol. The maximum Gasteiger partial charge on any atom is 0.326 e. The lowest BCUT2D eigenvalue weighted by Gasteiger charge is -2.27. The highest BCUT2D eigenvalue weighted by Gasteiger charge is 2.29. The van der Waals surface area contributed by atoms with Crippen molar-refractivity contribution in [1.82, 2.24) is 9.80 Å². The molecule has 86 valence electrons. The number of amides is 2. The average Bonchev–Trinajstić information content (AvgIpc) is 2.61. The first kappa shape index (κ1) is 11.8. The molecule has 2 unspecified atom stereocenters. The van der Waals surface area contributed by atoms with E-state index in [0.717, 1.165) is 6.42 Å². The van der Waals surface area contributed by atoms with Crippen LogP contribution in [-0.4, -0.2) is 59.1 Å². The Balaban J connectivity index is 2.56. The minimum absolute atomic E-state index is 0.0162. The molecule has 0 spiro atoms. The van der Waals surface area contributed by atoms with Gasteiger partial charge in [0.25, 0.3) is 0 Å². The van der Waals surface area contributed by atoms with Gasteiger partial charge in [-0.05, 0) is 13.3 Å². The Morgan fingerprint density at radius 1 is 1.60 bits per heavy atom. The van der Waals surface area contributed by atoms with Crippen LogP contribution in [0.4, 0.5) is 4.79 Å². The minimum atomic E-state index is -1.01. The van der Waals surface area contributed by atoms with E-state index >= 15 is 0 Å². The molecule has 0 aromatic heterocycles. The van der Waals surface area contributed by atoms with Crippen molar-refractivity contribution in [3.05, 3.63) is 0 Å². The molecule has 6 nitrogen and oxygen atoms in total. The van der Waals surface area contributed by atoms with E-state index < -0.39 is 12.0 Å². The number of likely N-dealkylation sites (tertiary alicyclic amines) is 1. The smallest absolute Gasteiger partial charge is 0.326 e. The van der Waals surface area contributed by atoms with Crippen LogP contribution >= 0.6 is 0 Å². The molecule has 0 aromatic rings. The number of nitrogens with two attached hydrogens (primary N) is 1. The summed E-state index contributed by atoms with van der Waals surface area (Å²) >= 11 is 0. The molecule has 15 heavy (non-hydrogen) atoms. The van der Waals surface area contributed by atoms with Crippen LogP contribution in [0.1, 0.15) is 13.3 Å². The van der Waals surface area contributed by atoms with Crippen molar-refractivity contribution in [2.24, 2.45) is 5.73 Å². The van der Waals surface area contributed by atoms with Crippen LogP contribution in [0.3, 0.4) is 0 Å². The molecule has 1 rings (SSSR count). The summed E-state index contributed by atoms with van der Waals surface area (Å²) in [5.74, 6) is -1.01. The van der Waals surface area contributed by atoms with Crippen molar-refractivity contribution in [2.75, 3.05) is 20.1 Å². The van der Waals surface area contributed by atoms with Crippen molar-refractivity contribution in [1.29, 1.82) is 0 Å². The van der Waals surface area contributed by atoms with Gasteiger partial charge in [-0.15, -0.1) is 0 Å². The zero-order valence-corrected chi connectivity index (χ0v) is 9.01. The number of carboxylic acids is 1. The molecule has 2 amide bonds. The number of carboxylic acid groups (broad SMARTS) is 1. The highest BCUT2D eigenvalue weighted by Crippen LogP contribution is 2.10. The van der Waals surface area contributed by atoms with E-state index in [4.69, 9.17) is 10.8 Å². The van der Waals surface area contributed by atoms with Crippen molar-refractivity contribution < 1.29 is 14.7 Å². The largest absolute Gasteiger partial charge is 0.480 e. The standard InChI is InChI=1S/C9H17N3O3/c1-6(8(13)14)11(2)9(15)12-4-3-7(10)5-12/h6-7H,3-5,10H2,1-2H3,(H,13,14). The molecule has 6 heteroatoms. The molecule has 0 saturated carbocycles. The predicted octanol–water partition coefficient (Wildman–Crippen LogP) is -0.456. The highest BCUT2D eigenvalue weighted by atomic mass is 16.4. The van der Waals surface area contributed by atoms with Crippen LogP contribution in [-0.2, 0) is 4.79 Å². The van der Waals surface area contributed by atoms with Crippen LogP contribution in [0.15, 0.2) is 0 Å². The molecule has 1 aliphatic heterocycles. The van der Waals surface area contributed by atoms with Gasteiger partial charge in [0.1, 0.15) is 6.04 Å². The first-order valence-corrected chi connectivity index (χ1v) is 4.93. The summed E-state index contributed by atoms with van der Waals surface area (Å²) in [6, 6.07) is -1.06. The summed E-state index contributed by atoms with van der Waals surface area (Å²) in [7, 11) is 1.49. The second kappa shape index (κ2) is 4.48. The number of urea groups is 1. The van der Waals surface area contributed by atoms with Gasteiger partial charge in [0.2, 0.25) is 0 Å². The Bertz CT molecular complexity index is 269. The van der Waals surface area contributed by atoms with Gasteiger partial charge >= 0.3 is 12.0 Å². The van der Waals surface area contributed by atoms with Crippen LogP contribution in [0.25, 0.3) is 0 Å². The normalized spacial score (nSPS) is 22.6. The van der Waals surface area contributed by atoms with E-state index in [1.54, 1.807) is 4.90 Å². The second-order valence-corrected chi connectivity index (χ2v) is 3.90. The van der Waals surface area contributed by atoms with Gasteiger partial charge in [-0.2, -0.15) is 0 Å². The molecule has 0 aliphatic carbocycles. The Hall–Kier alpha value is -1.30. The third-order valence-electron chi connectivity index (χ3n) is 2.74. The molecule has 3 N–H and O–H groups in total. The number of carbonyl (C=O) groups excluding carboxylic acids is 1. The Kier molecular flexibility index (Phi) is 3.52. The Morgan fingerprint density at radius 2 is 2.20 bits per heavy atom. The van der Waals surface area contributed by atoms with Crippen molar-refractivity contribution >= 4 is 12.0 Å². The van der Waals surface area contributed by atoms with Crippen LogP contribution in [0, 0.1) is 0 Å². The van der Waals surface area contributed by atoms with Gasteiger partial charge in [-0.3, -0.25) is 0 Å². The highest BCUT2D eigenvalue weighted by molar-refractivity contribution is 5.82. The fourth-order valence-corrected chi connectivity index (χ4v) is 1.52. The van der Waals surface area contributed by atoms with Gasteiger partial charge in [-0.1, -0.05) is 0 Å². The zero-order chi connectivity index (χ0) is 11.6. The molecule has 0 aromatic carbocycles. The fraction of sp³-hybridized carbons (Fsp3) is 0.778. The second-order valence-electron chi connectivity index (χ2n) is 3.90. The summed E-state index contributed by atoms with van der Waals surface area (Å²) < 4.78 is 0. The van der Waals surface area contributed by atoms with Gasteiger partial charge in [0, 0.05) is 26.2 Å². The molecule has 1 saturated heterocycles. The number of carbonyl (C=O) groups is 2. The minimum Gasteiger partial charge on any atom is -0.480 e. The summed E-state index contributed by atoms with van der Waals surface area (Å²) in [5, 5.41) is 8.76. The van der Waals surface area contributed by atoms with E-state index in [2.05, 4.69) is 0 Å². The van der Waals surface area contributed by atoms with Crippen LogP contribution in [0.2, 0.25) is 0 Å². The molecular weight excluding hydrogens is 198 g/mol. The lowest BCUT2D eigenvalue weighted by molar-refractivity contribution is -0.141. The van der Waals surface area contributed by atoms with Gasteiger partial charge in [-0.25, -0.2) is 9.59 Å². The number of likely N-dealkylation sites (N-methyl/N-ethyl adjacent to an activating group) is 1. The molecular formula is C9H17N3O3. The van der Waals surface area contributed by atoms with Gasteiger partial charge in [0.05, 0.1) is 0 Å². The molecule has 1 aliphatic rings. The van der Waals surface area contributed by atoms with Crippen molar-refractivity contribution in [3.63, 3.8) is 0 Å². The van der Waals surface area contributed by atoms with Gasteiger partial charge < -0.3 is 20.6 Å². The summed E-state index contributed by atoms with van der Waals surface area (Å²) in [4.78, 5) is 25.3. The first-order chi connectivity index (χ1) is 6.93. The topological polar surface area (TPSA) is 86.9 Å². The van der Waals surface area contributed by atoms with Crippen LogP contribution in [0.5, 0.6) is 0 Å². The summed E-state index contributed by atoms with van der Waals surface area (Å²) in [5.41, 5.74) is 5.67. The lowest BCUT2D eigenvalue weighted by atomic mass is 10.3. The molecule has 0 radical (unpaired) electrons. The average molecular weight is 215 g/mol. The third-order valence-corrected chi connectivity index (χ3v) is 2.74. The van der Waals surface area contributed by atoms with Gasteiger partial charge in [0.15, 0.2) is 0 Å². The lowest BCUT2D eigenvalue weighted by Crippen LogP contribution is -2.47. The first-order valence-electron chi connectivity index (χ1n) is 4.93. The Morgan fingerprint density at radius 3 is 2.60 bits per heavy atom. The molecule has 1 heterocycles. The van der Waals surface area contributed by atoms with E-state index in [1.165, 1.54) is 18.9 Å². The third kappa shape index (κ3) is 2.59. The molecule has 1 fully saturated rings. The van der Waals surface area contributed by atoms with Crippen molar-refractivity contribution in [2.45, 2.75) is 25.4 Å². The maximum atomic E-state index is 11.8. The zero-order valence-electron chi connectivity index (χ0n) is 9.01. The number of nitrogens with zero attached hydrogens (tertiary/aromatic N) is 2. The van der Waals surface area contributed by atoms with E-state index in [9.17, 15) is 9.59 Å². The maximum absolute atomic E-state index is 11.8. The summed E-state index contributed by atoms with van der Waals surface area (Å²) in [6.45, 7) is 2.60.